The molecule has 7 N–H and O–H groups in total. The standard InChI is InChI=1S/C38H48N8O6.ClH/c1-25-5-6-27(21-33(25)30-3-2-4-31(23-30)36(48)40-15-17-51-19-20-52-18-16-47)22-34(42-37(49)29-9-7-26(24-39)8-10-29)38(50)41-32-13-11-28(12-14-32)35-43-45-46-44-35;/h2-6,11-14,21,23,26,29,34,47H,7-10,15-20,22,24,39H2,1H3,(H,40,48)(H,41,50)(H,42,49)(H,43,44,45,46);1H/t26?,29?,34-;/m0./s1. The summed E-state index contributed by atoms with van der Waals surface area (Å²) < 4.78 is 10.6. The molecule has 1 aliphatic carbocycles. The van der Waals surface area contributed by atoms with Gasteiger partial charge >= 0.3 is 0 Å². The van der Waals surface area contributed by atoms with Crippen LogP contribution in [0.5, 0.6) is 0 Å². The van der Waals surface area contributed by atoms with Gasteiger partial charge in [0.15, 0.2) is 5.82 Å². The molecule has 0 saturated heterocycles. The number of benzene rings is 3. The molecule has 5 rings (SSSR count). The highest BCUT2D eigenvalue weighted by atomic mass is 35.5. The molecular formula is C38H49ClN8O6. The van der Waals surface area contributed by atoms with Gasteiger partial charge in [0.25, 0.3) is 5.91 Å². The van der Waals surface area contributed by atoms with Gasteiger partial charge in [-0.3, -0.25) is 14.4 Å². The fourth-order valence-electron chi connectivity index (χ4n) is 6.28. The van der Waals surface area contributed by atoms with Crippen LogP contribution in [0.25, 0.3) is 22.5 Å². The van der Waals surface area contributed by atoms with Crippen molar-refractivity contribution in [2.75, 3.05) is 51.4 Å². The number of nitrogens with one attached hydrogen (secondary N) is 4. The number of nitrogens with zero attached hydrogens (tertiary/aromatic N) is 3. The van der Waals surface area contributed by atoms with Crippen molar-refractivity contribution < 1.29 is 29.0 Å². The predicted molar refractivity (Wildman–Crippen MR) is 203 cm³/mol. The number of aliphatic hydroxyl groups is 1. The lowest BCUT2D eigenvalue weighted by atomic mass is 9.81. The smallest absolute Gasteiger partial charge is 0.251 e. The highest BCUT2D eigenvalue weighted by Gasteiger charge is 2.29. The summed E-state index contributed by atoms with van der Waals surface area (Å²) in [4.78, 5) is 40.3. The van der Waals surface area contributed by atoms with Crippen LogP contribution in [0, 0.1) is 18.8 Å². The molecule has 0 aliphatic heterocycles. The Kier molecular flexibility index (Phi) is 16.3. The summed E-state index contributed by atoms with van der Waals surface area (Å²) in [6, 6.07) is 19.6. The van der Waals surface area contributed by atoms with Gasteiger partial charge in [0, 0.05) is 35.7 Å². The Morgan fingerprint density at radius 1 is 0.943 bits per heavy atom. The third kappa shape index (κ3) is 12.2. The normalized spacial score (nSPS) is 15.9. The third-order valence-corrected chi connectivity index (χ3v) is 9.27. The van der Waals surface area contributed by atoms with Gasteiger partial charge in [0.05, 0.1) is 33.0 Å². The van der Waals surface area contributed by atoms with Crippen molar-refractivity contribution >= 4 is 35.8 Å². The van der Waals surface area contributed by atoms with Gasteiger partial charge in [-0.2, -0.15) is 0 Å². The van der Waals surface area contributed by atoms with E-state index in [1.807, 2.05) is 43.3 Å². The number of nitrogens with two attached hydrogens (primary N) is 1. The number of anilines is 1. The first-order chi connectivity index (χ1) is 25.3. The molecule has 1 aromatic heterocycles. The molecule has 4 aromatic rings. The van der Waals surface area contributed by atoms with Crippen molar-refractivity contribution in [3.8, 4) is 22.5 Å². The Bertz CT molecular complexity index is 1750. The van der Waals surface area contributed by atoms with Gasteiger partial charge in [-0.05, 0) is 114 Å². The summed E-state index contributed by atoms with van der Waals surface area (Å²) >= 11 is 0. The van der Waals surface area contributed by atoms with Crippen molar-refractivity contribution in [1.82, 2.24) is 31.3 Å². The van der Waals surface area contributed by atoms with Crippen LogP contribution in [-0.2, 0) is 25.5 Å². The van der Waals surface area contributed by atoms with Crippen LogP contribution in [0.15, 0.2) is 66.7 Å². The molecule has 1 saturated carbocycles. The number of hydrogen-bond donors (Lipinski definition) is 6. The highest BCUT2D eigenvalue weighted by molar-refractivity contribution is 5.98. The highest BCUT2D eigenvalue weighted by Crippen LogP contribution is 2.29. The largest absolute Gasteiger partial charge is 0.394 e. The number of carbonyl (C=O) groups excluding carboxylic acids is 3. The van der Waals surface area contributed by atoms with Crippen molar-refractivity contribution in [3.05, 3.63) is 83.4 Å². The van der Waals surface area contributed by atoms with Crippen LogP contribution in [0.1, 0.15) is 47.2 Å². The first kappa shape index (κ1) is 41.0. The summed E-state index contributed by atoms with van der Waals surface area (Å²) in [5.74, 6) is 0.0818. The number of hydrogen-bond acceptors (Lipinski definition) is 10. The van der Waals surface area contributed by atoms with Crippen LogP contribution in [0.4, 0.5) is 5.69 Å². The van der Waals surface area contributed by atoms with E-state index in [0.717, 1.165) is 53.5 Å². The third-order valence-electron chi connectivity index (χ3n) is 9.27. The minimum Gasteiger partial charge on any atom is -0.394 e. The van der Waals surface area contributed by atoms with Crippen molar-refractivity contribution in [3.63, 3.8) is 0 Å². The fourth-order valence-corrected chi connectivity index (χ4v) is 6.28. The second kappa shape index (κ2) is 21.1. The Morgan fingerprint density at radius 3 is 2.40 bits per heavy atom. The molecular weight excluding hydrogens is 700 g/mol. The Balaban J connectivity index is 0.00000627. The molecule has 14 nitrogen and oxygen atoms in total. The van der Waals surface area contributed by atoms with E-state index in [-0.39, 0.29) is 55.7 Å². The van der Waals surface area contributed by atoms with Crippen LogP contribution >= 0.6 is 12.4 Å². The minimum atomic E-state index is -0.839. The zero-order valence-corrected chi connectivity index (χ0v) is 30.7. The fraction of sp³-hybridized carbons (Fsp3) is 0.421. The van der Waals surface area contributed by atoms with Crippen molar-refractivity contribution in [2.24, 2.45) is 17.6 Å². The van der Waals surface area contributed by atoms with E-state index in [1.54, 1.807) is 30.3 Å². The second-order valence-corrected chi connectivity index (χ2v) is 13.0. The quantitative estimate of drug-likeness (QED) is 0.0818. The second-order valence-electron chi connectivity index (χ2n) is 13.0. The molecule has 0 spiro atoms. The molecule has 0 unspecified atom stereocenters. The summed E-state index contributed by atoms with van der Waals surface area (Å²) in [5.41, 5.74) is 11.4. The molecule has 1 atom stereocenters. The first-order valence-corrected chi connectivity index (χ1v) is 17.7. The van der Waals surface area contributed by atoms with Gasteiger partial charge in [0.2, 0.25) is 11.8 Å². The van der Waals surface area contributed by atoms with Crippen LogP contribution in [0.3, 0.4) is 0 Å². The van der Waals surface area contributed by atoms with E-state index < -0.39 is 6.04 Å². The number of amides is 3. The number of aromatic nitrogens is 4. The van der Waals surface area contributed by atoms with E-state index in [0.29, 0.717) is 55.9 Å². The van der Waals surface area contributed by atoms with Gasteiger partial charge < -0.3 is 36.3 Å². The number of rotatable bonds is 18. The summed E-state index contributed by atoms with van der Waals surface area (Å²) in [5, 5.41) is 31.5. The Labute approximate surface area is 315 Å². The van der Waals surface area contributed by atoms with Crippen LogP contribution in [0.2, 0.25) is 0 Å². The van der Waals surface area contributed by atoms with E-state index in [2.05, 4.69) is 36.6 Å². The molecule has 0 bridgehead atoms. The molecule has 53 heavy (non-hydrogen) atoms. The lowest BCUT2D eigenvalue weighted by molar-refractivity contribution is -0.130. The van der Waals surface area contributed by atoms with Gasteiger partial charge in [0.1, 0.15) is 6.04 Å². The Morgan fingerprint density at radius 2 is 1.70 bits per heavy atom. The summed E-state index contributed by atoms with van der Waals surface area (Å²) in [7, 11) is 0. The van der Waals surface area contributed by atoms with Gasteiger partial charge in [-0.15, -0.1) is 17.5 Å². The van der Waals surface area contributed by atoms with Crippen LogP contribution < -0.4 is 21.7 Å². The zero-order chi connectivity index (χ0) is 36.7. The molecule has 0 radical (unpaired) electrons. The number of halogens is 1. The number of H-pyrrole nitrogens is 1. The van der Waals surface area contributed by atoms with Gasteiger partial charge in [-0.1, -0.05) is 30.3 Å². The number of aliphatic hydroxyl groups excluding tert-OH is 1. The average molecular weight is 749 g/mol. The number of ether oxygens (including phenoxy) is 2. The molecule has 1 heterocycles. The summed E-state index contributed by atoms with van der Waals surface area (Å²) in [6.45, 7) is 4.27. The van der Waals surface area contributed by atoms with Crippen molar-refractivity contribution in [2.45, 2.75) is 45.1 Å². The number of tetrazole rings is 1. The molecule has 284 valence electrons. The van der Waals surface area contributed by atoms with E-state index in [9.17, 15) is 14.4 Å². The first-order valence-electron chi connectivity index (χ1n) is 17.7. The van der Waals surface area contributed by atoms with E-state index in [4.69, 9.17) is 20.3 Å². The van der Waals surface area contributed by atoms with E-state index >= 15 is 0 Å². The summed E-state index contributed by atoms with van der Waals surface area (Å²) in [6.07, 6.45) is 3.53. The topological polar surface area (TPSA) is 206 Å². The number of carbonyl (C=O) groups is 3. The zero-order valence-electron chi connectivity index (χ0n) is 29.9. The minimum absolute atomic E-state index is 0. The maximum Gasteiger partial charge on any atom is 0.251 e. The molecule has 3 aromatic carbocycles. The molecule has 3 amide bonds. The van der Waals surface area contributed by atoms with Crippen LogP contribution in [-0.4, -0.2) is 95.6 Å². The number of aryl methyl sites for hydroxylation is 1. The SMILES string of the molecule is Cc1ccc(C[C@H](NC(=O)C2CCC(CN)CC2)C(=O)Nc2ccc(-c3nnn[nH]3)cc2)cc1-c1cccc(C(=O)NCCOCCOCCO)c1.Cl. The monoisotopic (exact) mass is 748 g/mol. The lowest BCUT2D eigenvalue weighted by Crippen LogP contribution is -2.48. The predicted octanol–water partition coefficient (Wildman–Crippen LogP) is 3.45. The molecule has 1 fully saturated rings. The number of aromatic amines is 1. The lowest BCUT2D eigenvalue weighted by Gasteiger charge is -2.28. The van der Waals surface area contributed by atoms with Crippen molar-refractivity contribution in [1.29, 1.82) is 0 Å². The maximum atomic E-state index is 13.8. The van der Waals surface area contributed by atoms with E-state index in [1.165, 1.54) is 0 Å². The van der Waals surface area contributed by atoms with Gasteiger partial charge in [-0.25, -0.2) is 5.10 Å². The Hall–Kier alpha value is -4.73. The molecule has 15 heteroatoms. The average Bonchev–Trinajstić information content (AvgIpc) is 3.72. The molecule has 1 aliphatic rings. The maximum absolute atomic E-state index is 13.8.